The van der Waals surface area contributed by atoms with Crippen molar-refractivity contribution < 1.29 is 0 Å². The molecule has 0 amide bonds. The SMILES string of the molecule is Cc1nn(C)c(Cl)c1Cn1ccnc1-c1ccc(N)cc1. The number of anilines is 1. The van der Waals surface area contributed by atoms with Crippen molar-refractivity contribution in [2.24, 2.45) is 7.05 Å². The second-order valence-electron chi connectivity index (χ2n) is 4.98. The fourth-order valence-corrected chi connectivity index (χ4v) is 2.59. The van der Waals surface area contributed by atoms with Crippen LogP contribution in [0, 0.1) is 6.92 Å². The minimum atomic E-state index is 0.637. The van der Waals surface area contributed by atoms with Crippen LogP contribution in [0.3, 0.4) is 0 Å². The Balaban J connectivity index is 1.98. The van der Waals surface area contributed by atoms with Crippen molar-refractivity contribution in [2.45, 2.75) is 13.5 Å². The van der Waals surface area contributed by atoms with Gasteiger partial charge in [-0.05, 0) is 31.2 Å². The molecule has 0 aliphatic heterocycles. The smallest absolute Gasteiger partial charge is 0.140 e. The molecule has 0 fully saturated rings. The van der Waals surface area contributed by atoms with E-state index in [4.69, 9.17) is 17.3 Å². The second kappa shape index (κ2) is 5.26. The average Bonchev–Trinajstić information content (AvgIpc) is 3.01. The summed E-state index contributed by atoms with van der Waals surface area (Å²) < 4.78 is 3.74. The summed E-state index contributed by atoms with van der Waals surface area (Å²) in [4.78, 5) is 4.43. The molecule has 2 N–H and O–H groups in total. The molecule has 0 unspecified atom stereocenters. The third kappa shape index (κ3) is 2.52. The van der Waals surface area contributed by atoms with E-state index >= 15 is 0 Å². The summed E-state index contributed by atoms with van der Waals surface area (Å²) in [5.74, 6) is 0.884. The highest BCUT2D eigenvalue weighted by Gasteiger charge is 2.14. The average molecular weight is 302 g/mol. The summed E-state index contributed by atoms with van der Waals surface area (Å²) in [7, 11) is 1.84. The third-order valence-electron chi connectivity index (χ3n) is 3.48. The van der Waals surface area contributed by atoms with Gasteiger partial charge in [0.1, 0.15) is 11.0 Å². The van der Waals surface area contributed by atoms with Crippen LogP contribution in [0.1, 0.15) is 11.3 Å². The molecule has 1 aromatic carbocycles. The minimum absolute atomic E-state index is 0.637. The lowest BCUT2D eigenvalue weighted by molar-refractivity contribution is 0.756. The highest BCUT2D eigenvalue weighted by Crippen LogP contribution is 2.24. The summed E-state index contributed by atoms with van der Waals surface area (Å²) in [6, 6.07) is 7.67. The van der Waals surface area contributed by atoms with Crippen molar-refractivity contribution in [3.63, 3.8) is 0 Å². The van der Waals surface area contributed by atoms with Crippen molar-refractivity contribution in [1.29, 1.82) is 0 Å². The van der Waals surface area contributed by atoms with Gasteiger partial charge >= 0.3 is 0 Å². The largest absolute Gasteiger partial charge is 0.399 e. The number of halogens is 1. The van der Waals surface area contributed by atoms with Crippen molar-refractivity contribution >= 4 is 17.3 Å². The number of benzene rings is 1. The topological polar surface area (TPSA) is 61.7 Å². The molecule has 0 bridgehead atoms. The maximum Gasteiger partial charge on any atom is 0.140 e. The molecular formula is C15H16ClN5. The predicted octanol–water partition coefficient (Wildman–Crippen LogP) is 2.88. The number of imidazole rings is 1. The maximum absolute atomic E-state index is 6.30. The second-order valence-corrected chi connectivity index (χ2v) is 5.34. The first-order chi connectivity index (χ1) is 10.1. The summed E-state index contributed by atoms with van der Waals surface area (Å²) in [6.07, 6.45) is 3.72. The van der Waals surface area contributed by atoms with Gasteiger partial charge in [0.25, 0.3) is 0 Å². The standard InChI is InChI=1S/C15H16ClN5/c1-10-13(14(16)20(2)19-10)9-21-8-7-18-15(21)11-3-5-12(17)6-4-11/h3-8H,9,17H2,1-2H3. The molecule has 21 heavy (non-hydrogen) atoms. The Hall–Kier alpha value is -2.27. The zero-order chi connectivity index (χ0) is 15.0. The molecule has 0 saturated carbocycles. The van der Waals surface area contributed by atoms with E-state index in [-0.39, 0.29) is 0 Å². The number of nitrogens with two attached hydrogens (primary N) is 1. The summed E-state index contributed by atoms with van der Waals surface area (Å²) in [6.45, 7) is 2.60. The summed E-state index contributed by atoms with van der Waals surface area (Å²) in [5, 5.41) is 5.00. The quantitative estimate of drug-likeness (QED) is 0.757. The zero-order valence-electron chi connectivity index (χ0n) is 11.9. The van der Waals surface area contributed by atoms with Crippen molar-refractivity contribution in [3.05, 3.63) is 53.1 Å². The highest BCUT2D eigenvalue weighted by molar-refractivity contribution is 6.30. The van der Waals surface area contributed by atoms with E-state index in [0.29, 0.717) is 11.7 Å². The Kier molecular flexibility index (Phi) is 3.43. The molecule has 0 atom stereocenters. The van der Waals surface area contributed by atoms with E-state index in [1.54, 1.807) is 10.9 Å². The Morgan fingerprint density at radius 2 is 1.95 bits per heavy atom. The van der Waals surface area contributed by atoms with Crippen LogP contribution in [0.15, 0.2) is 36.7 Å². The fourth-order valence-electron chi connectivity index (χ4n) is 2.35. The molecule has 3 aromatic rings. The maximum atomic E-state index is 6.30. The van der Waals surface area contributed by atoms with Gasteiger partial charge < -0.3 is 10.3 Å². The van der Waals surface area contributed by atoms with Crippen molar-refractivity contribution in [1.82, 2.24) is 19.3 Å². The monoisotopic (exact) mass is 301 g/mol. The molecule has 0 radical (unpaired) electrons. The van der Waals surface area contributed by atoms with E-state index < -0.39 is 0 Å². The van der Waals surface area contributed by atoms with Crippen LogP contribution < -0.4 is 5.73 Å². The molecule has 0 aliphatic rings. The van der Waals surface area contributed by atoms with Gasteiger partial charge in [-0.3, -0.25) is 4.68 Å². The van der Waals surface area contributed by atoms with Crippen LogP contribution >= 0.6 is 11.6 Å². The van der Waals surface area contributed by atoms with E-state index in [1.165, 1.54) is 0 Å². The Bertz CT molecular complexity index is 770. The number of rotatable bonds is 3. The van der Waals surface area contributed by atoms with Gasteiger partial charge in [-0.25, -0.2) is 4.98 Å². The van der Waals surface area contributed by atoms with Gasteiger partial charge in [-0.1, -0.05) is 11.6 Å². The van der Waals surface area contributed by atoms with Crippen LogP contribution in [-0.2, 0) is 13.6 Å². The molecule has 3 rings (SSSR count). The predicted molar refractivity (Wildman–Crippen MR) is 84.1 cm³/mol. The van der Waals surface area contributed by atoms with Crippen LogP contribution in [0.4, 0.5) is 5.69 Å². The number of aromatic nitrogens is 4. The molecule has 0 saturated heterocycles. The number of hydrogen-bond acceptors (Lipinski definition) is 3. The van der Waals surface area contributed by atoms with Gasteiger partial charge in [0.2, 0.25) is 0 Å². The summed E-state index contributed by atoms with van der Waals surface area (Å²) in [5.41, 5.74) is 9.43. The normalized spacial score (nSPS) is 11.0. The van der Waals surface area contributed by atoms with Crippen LogP contribution in [0.5, 0.6) is 0 Å². The van der Waals surface area contributed by atoms with Gasteiger partial charge in [-0.2, -0.15) is 5.10 Å². The molecule has 5 nitrogen and oxygen atoms in total. The van der Waals surface area contributed by atoms with Crippen LogP contribution in [0.2, 0.25) is 5.15 Å². The molecular weight excluding hydrogens is 286 g/mol. The first-order valence-corrected chi connectivity index (χ1v) is 6.99. The lowest BCUT2D eigenvalue weighted by Crippen LogP contribution is -2.02. The molecule has 0 aliphatic carbocycles. The number of nitrogen functional groups attached to an aromatic ring is 1. The van der Waals surface area contributed by atoms with E-state index in [9.17, 15) is 0 Å². The summed E-state index contributed by atoms with van der Waals surface area (Å²) >= 11 is 6.30. The van der Waals surface area contributed by atoms with Crippen molar-refractivity contribution in [2.75, 3.05) is 5.73 Å². The number of aryl methyl sites for hydroxylation is 2. The molecule has 0 spiro atoms. The Labute approximate surface area is 128 Å². The molecule has 108 valence electrons. The fraction of sp³-hybridized carbons (Fsp3) is 0.200. The van der Waals surface area contributed by atoms with E-state index in [0.717, 1.165) is 28.3 Å². The molecule has 6 heteroatoms. The van der Waals surface area contributed by atoms with Crippen LogP contribution in [-0.4, -0.2) is 19.3 Å². The van der Waals surface area contributed by atoms with Gasteiger partial charge in [0.15, 0.2) is 0 Å². The van der Waals surface area contributed by atoms with E-state index in [2.05, 4.69) is 14.6 Å². The molecule has 2 aromatic heterocycles. The number of nitrogens with zero attached hydrogens (tertiary/aromatic N) is 4. The lowest BCUT2D eigenvalue weighted by Gasteiger charge is -2.08. The zero-order valence-corrected chi connectivity index (χ0v) is 12.7. The highest BCUT2D eigenvalue weighted by atomic mass is 35.5. The Morgan fingerprint density at radius 1 is 1.24 bits per heavy atom. The van der Waals surface area contributed by atoms with Gasteiger partial charge in [-0.15, -0.1) is 0 Å². The van der Waals surface area contributed by atoms with Crippen LogP contribution in [0.25, 0.3) is 11.4 Å². The first kappa shape index (κ1) is 13.7. The third-order valence-corrected chi connectivity index (χ3v) is 3.96. The lowest BCUT2D eigenvalue weighted by atomic mass is 10.2. The van der Waals surface area contributed by atoms with Crippen molar-refractivity contribution in [3.8, 4) is 11.4 Å². The van der Waals surface area contributed by atoms with E-state index in [1.807, 2.05) is 44.4 Å². The molecule has 2 heterocycles. The minimum Gasteiger partial charge on any atom is -0.399 e. The first-order valence-electron chi connectivity index (χ1n) is 6.61. The van der Waals surface area contributed by atoms with Gasteiger partial charge in [0.05, 0.1) is 12.2 Å². The number of hydrogen-bond donors (Lipinski definition) is 1. The Morgan fingerprint density at radius 3 is 2.57 bits per heavy atom. The van der Waals surface area contributed by atoms with Gasteiger partial charge in [0, 0.05) is 36.3 Å².